The van der Waals surface area contributed by atoms with Crippen LogP contribution in [0.25, 0.3) is 0 Å². The summed E-state index contributed by atoms with van der Waals surface area (Å²) in [5.41, 5.74) is 0. The number of hydrogen-bond donors (Lipinski definition) is 1. The van der Waals surface area contributed by atoms with Crippen LogP contribution < -0.4 is 0 Å². The fraction of sp³-hybridized carbons (Fsp3) is 0.500. The maximum Gasteiger partial charge on any atom is 0.371 e. The van der Waals surface area contributed by atoms with Crippen LogP contribution in [0, 0.1) is 5.21 Å². The quantitative estimate of drug-likeness (QED) is 0.233. The van der Waals surface area contributed by atoms with Gasteiger partial charge in [-0.15, -0.1) is 0 Å². The molecule has 8 heavy (non-hydrogen) atoms. The average molecular weight is 117 g/mol. The second-order valence-electron chi connectivity index (χ2n) is 1.23. The van der Waals surface area contributed by atoms with Gasteiger partial charge in [0.2, 0.25) is 6.54 Å². The molecule has 0 aliphatic carbocycles. The van der Waals surface area contributed by atoms with Crippen molar-refractivity contribution in [3.8, 4) is 0 Å². The highest BCUT2D eigenvalue weighted by molar-refractivity contribution is 5.68. The van der Waals surface area contributed by atoms with Gasteiger partial charge in [0, 0.05) is 6.92 Å². The Balaban J connectivity index is 3.56. The Bertz CT molecular complexity index is 118. The number of carboxylic acids is 1. The van der Waals surface area contributed by atoms with Crippen molar-refractivity contribution in [1.29, 1.82) is 0 Å². The lowest BCUT2D eigenvalue weighted by Crippen LogP contribution is -2.14. The predicted octanol–water partition coefficient (Wildman–Crippen LogP) is -0.328. The molecule has 0 rings (SSSR count). The summed E-state index contributed by atoms with van der Waals surface area (Å²) in [6.07, 6.45) is 1.16. The second kappa shape index (κ2) is 3.01. The van der Waals surface area contributed by atoms with Crippen molar-refractivity contribution in [2.75, 3.05) is 6.54 Å². The van der Waals surface area contributed by atoms with Gasteiger partial charge in [-0.2, -0.15) is 0 Å². The molecule has 0 atom stereocenters. The van der Waals surface area contributed by atoms with Gasteiger partial charge in [-0.25, -0.2) is 9.53 Å². The van der Waals surface area contributed by atoms with Gasteiger partial charge in [-0.3, -0.25) is 0 Å². The first kappa shape index (κ1) is 6.94. The molecule has 0 unspecified atom stereocenters. The van der Waals surface area contributed by atoms with Gasteiger partial charge in [0.1, 0.15) is 6.21 Å². The molecule has 0 aromatic carbocycles. The minimum Gasteiger partial charge on any atom is -0.624 e. The van der Waals surface area contributed by atoms with E-state index in [1.165, 1.54) is 6.92 Å². The molecule has 0 saturated carbocycles. The summed E-state index contributed by atoms with van der Waals surface area (Å²) in [5.74, 6) is -1.11. The van der Waals surface area contributed by atoms with E-state index >= 15 is 0 Å². The summed E-state index contributed by atoms with van der Waals surface area (Å²) in [6.45, 7) is 1.01. The molecule has 0 aromatic heterocycles. The average Bonchev–Trinajstić information content (AvgIpc) is 1.65. The van der Waals surface area contributed by atoms with Crippen molar-refractivity contribution in [3.63, 3.8) is 0 Å². The van der Waals surface area contributed by atoms with Crippen LogP contribution in [0.2, 0.25) is 0 Å². The summed E-state index contributed by atoms with van der Waals surface area (Å²) in [6, 6.07) is 0. The number of nitrogens with zero attached hydrogens (tertiary/aromatic N) is 1. The zero-order valence-corrected chi connectivity index (χ0v) is 4.50. The van der Waals surface area contributed by atoms with E-state index in [4.69, 9.17) is 5.11 Å². The van der Waals surface area contributed by atoms with Crippen molar-refractivity contribution < 1.29 is 14.6 Å². The van der Waals surface area contributed by atoms with Crippen LogP contribution in [0.5, 0.6) is 0 Å². The Morgan fingerprint density at radius 1 is 2.00 bits per heavy atom. The van der Waals surface area contributed by atoms with E-state index in [0.29, 0.717) is 4.74 Å². The van der Waals surface area contributed by atoms with Crippen molar-refractivity contribution in [3.05, 3.63) is 5.21 Å². The van der Waals surface area contributed by atoms with Gasteiger partial charge >= 0.3 is 5.97 Å². The normalized spacial score (nSPS) is 11.4. The second-order valence-corrected chi connectivity index (χ2v) is 1.23. The Kier molecular flexibility index (Phi) is 2.61. The van der Waals surface area contributed by atoms with Gasteiger partial charge in [-0.05, 0) is 0 Å². The van der Waals surface area contributed by atoms with Crippen LogP contribution in [-0.2, 0) is 4.79 Å². The zero-order chi connectivity index (χ0) is 6.57. The van der Waals surface area contributed by atoms with Crippen molar-refractivity contribution in [1.82, 2.24) is 0 Å². The Morgan fingerprint density at radius 3 is 2.62 bits per heavy atom. The molecule has 0 heterocycles. The van der Waals surface area contributed by atoms with E-state index < -0.39 is 12.5 Å². The van der Waals surface area contributed by atoms with Crippen LogP contribution in [0.1, 0.15) is 6.92 Å². The summed E-state index contributed by atoms with van der Waals surface area (Å²) in [7, 11) is 0. The summed E-state index contributed by atoms with van der Waals surface area (Å²) < 4.78 is 0.350. The van der Waals surface area contributed by atoms with Crippen LogP contribution in [0.3, 0.4) is 0 Å². The summed E-state index contributed by atoms with van der Waals surface area (Å²) >= 11 is 0. The van der Waals surface area contributed by atoms with Gasteiger partial charge in [-0.1, -0.05) is 0 Å². The predicted molar refractivity (Wildman–Crippen MR) is 27.9 cm³/mol. The van der Waals surface area contributed by atoms with Crippen LogP contribution in [0.4, 0.5) is 0 Å². The molecule has 0 aliphatic rings. The number of hydroxylamine groups is 1. The number of hydrogen-bond acceptors (Lipinski definition) is 2. The Hall–Kier alpha value is -1.06. The Morgan fingerprint density at radius 2 is 2.50 bits per heavy atom. The highest BCUT2D eigenvalue weighted by atomic mass is 16.5. The lowest BCUT2D eigenvalue weighted by Gasteiger charge is -1.95. The molecule has 46 valence electrons. The lowest BCUT2D eigenvalue weighted by molar-refractivity contribution is -0.443. The van der Waals surface area contributed by atoms with E-state index in [1.54, 1.807) is 0 Å². The molecule has 0 bridgehead atoms. The topological polar surface area (TPSA) is 63.4 Å². The van der Waals surface area contributed by atoms with Crippen molar-refractivity contribution in [2.45, 2.75) is 6.92 Å². The SMILES string of the molecule is C/C=[N+](\[O-])CC(=O)O. The number of carboxylic acid groups (broad SMARTS) is 1. The molecule has 0 fully saturated rings. The largest absolute Gasteiger partial charge is 0.624 e. The minimum atomic E-state index is -1.11. The van der Waals surface area contributed by atoms with Crippen molar-refractivity contribution >= 4 is 12.2 Å². The third-order valence-corrected chi connectivity index (χ3v) is 0.579. The monoisotopic (exact) mass is 117 g/mol. The standard InChI is InChI=1S/C4H7NO3/c1-2-5(8)3-4(6)7/h2H,3H2,1H3,(H,6,7)/b5-2-. The third kappa shape index (κ3) is 3.14. The highest BCUT2D eigenvalue weighted by Gasteiger charge is 1.98. The van der Waals surface area contributed by atoms with E-state index in [2.05, 4.69) is 0 Å². The molecule has 4 nitrogen and oxygen atoms in total. The molecule has 0 amide bonds. The zero-order valence-electron chi connectivity index (χ0n) is 4.50. The molecular weight excluding hydrogens is 110 g/mol. The van der Waals surface area contributed by atoms with Crippen LogP contribution in [-0.4, -0.2) is 28.6 Å². The Labute approximate surface area is 46.6 Å². The lowest BCUT2D eigenvalue weighted by atomic mass is 10.7. The minimum absolute atomic E-state index is 0.350. The van der Waals surface area contributed by atoms with Gasteiger partial charge in [0.25, 0.3) is 0 Å². The fourth-order valence-corrected chi connectivity index (χ4v) is 0.225. The third-order valence-electron chi connectivity index (χ3n) is 0.579. The molecule has 0 radical (unpaired) electrons. The molecule has 0 aromatic rings. The molecule has 1 N–H and O–H groups in total. The van der Waals surface area contributed by atoms with E-state index in [-0.39, 0.29) is 0 Å². The van der Waals surface area contributed by atoms with E-state index in [1.807, 2.05) is 0 Å². The van der Waals surface area contributed by atoms with E-state index in [0.717, 1.165) is 6.21 Å². The molecule has 0 saturated heterocycles. The van der Waals surface area contributed by atoms with Gasteiger partial charge in [0.15, 0.2) is 0 Å². The first-order valence-corrected chi connectivity index (χ1v) is 2.12. The van der Waals surface area contributed by atoms with Crippen LogP contribution in [0.15, 0.2) is 0 Å². The summed E-state index contributed by atoms with van der Waals surface area (Å²) in [4.78, 5) is 9.71. The highest BCUT2D eigenvalue weighted by Crippen LogP contribution is 1.67. The molecule has 0 spiro atoms. The molecule has 4 heteroatoms. The maximum absolute atomic E-state index is 10.1. The number of aliphatic carboxylic acids is 1. The van der Waals surface area contributed by atoms with Gasteiger partial charge < -0.3 is 10.3 Å². The molecular formula is C4H7NO3. The maximum atomic E-state index is 10.1. The number of carbonyl (C=O) groups is 1. The van der Waals surface area contributed by atoms with Gasteiger partial charge in [0.05, 0.1) is 0 Å². The first-order valence-electron chi connectivity index (χ1n) is 2.12. The smallest absolute Gasteiger partial charge is 0.371 e. The van der Waals surface area contributed by atoms with E-state index in [9.17, 15) is 10.0 Å². The van der Waals surface area contributed by atoms with Crippen molar-refractivity contribution in [2.24, 2.45) is 0 Å². The molecule has 0 aliphatic heterocycles. The fourth-order valence-electron chi connectivity index (χ4n) is 0.225. The first-order chi connectivity index (χ1) is 3.66. The summed E-state index contributed by atoms with van der Waals surface area (Å²) in [5, 5.41) is 18.1. The number of rotatable bonds is 2. The van der Waals surface area contributed by atoms with Crippen LogP contribution >= 0.6 is 0 Å².